The van der Waals surface area contributed by atoms with Crippen molar-refractivity contribution in [3.8, 4) is 17.0 Å². The molecule has 0 aliphatic carbocycles. The van der Waals surface area contributed by atoms with Gasteiger partial charge in [-0.1, -0.05) is 24.8 Å². The van der Waals surface area contributed by atoms with Gasteiger partial charge in [0.05, 0.1) is 29.9 Å². The van der Waals surface area contributed by atoms with Gasteiger partial charge in [-0.25, -0.2) is 9.97 Å². The number of aldehydes is 1. The average Bonchev–Trinajstić information content (AvgIpc) is 3.56. The minimum absolute atomic E-state index is 0.482. The summed E-state index contributed by atoms with van der Waals surface area (Å²) in [5.41, 5.74) is 11.2. The summed E-state index contributed by atoms with van der Waals surface area (Å²) in [7, 11) is 7.63. The molecule has 2 aromatic heterocycles. The van der Waals surface area contributed by atoms with E-state index in [1.54, 1.807) is 19.4 Å². The SMILES string of the molecule is C=CC=O.CN1CCCC1.CNc1cc(Nc2nccc(-c3cn(C)c4ccccc34)n2)c(OC)cc1N. The van der Waals surface area contributed by atoms with Crippen molar-refractivity contribution < 1.29 is 9.53 Å². The molecule has 3 heterocycles. The smallest absolute Gasteiger partial charge is 0.227 e. The fraction of sp³-hybridized carbons (Fsp3) is 0.276. The first kappa shape index (κ1) is 28.2. The maximum absolute atomic E-state index is 9.06. The highest BCUT2D eigenvalue weighted by molar-refractivity contribution is 5.95. The van der Waals surface area contributed by atoms with Gasteiger partial charge in [0.15, 0.2) is 0 Å². The van der Waals surface area contributed by atoms with E-state index in [0.717, 1.165) is 33.5 Å². The van der Waals surface area contributed by atoms with Gasteiger partial charge in [0.1, 0.15) is 12.0 Å². The molecule has 1 fully saturated rings. The molecule has 0 unspecified atom stereocenters. The average molecular weight is 516 g/mol. The van der Waals surface area contributed by atoms with E-state index in [0.29, 0.717) is 23.7 Å². The Balaban J connectivity index is 0.000000338. The summed E-state index contributed by atoms with van der Waals surface area (Å²) in [4.78, 5) is 20.5. The summed E-state index contributed by atoms with van der Waals surface area (Å²) in [6.07, 6.45) is 8.49. The molecule has 38 heavy (non-hydrogen) atoms. The van der Waals surface area contributed by atoms with E-state index in [2.05, 4.69) is 57.0 Å². The second-order valence-electron chi connectivity index (χ2n) is 8.83. The molecule has 2 aromatic carbocycles. The molecular formula is C29H37N7O2. The second-order valence-corrected chi connectivity index (χ2v) is 8.83. The number of likely N-dealkylation sites (tertiary alicyclic amines) is 1. The van der Waals surface area contributed by atoms with Crippen LogP contribution in [0.4, 0.5) is 23.0 Å². The Morgan fingerprint density at radius 1 is 1.11 bits per heavy atom. The Labute approximate surface area is 224 Å². The van der Waals surface area contributed by atoms with E-state index >= 15 is 0 Å². The first-order chi connectivity index (χ1) is 18.4. The molecule has 0 amide bonds. The number of hydrogen-bond acceptors (Lipinski definition) is 8. The Morgan fingerprint density at radius 2 is 1.82 bits per heavy atom. The van der Waals surface area contributed by atoms with Crippen LogP contribution in [0.1, 0.15) is 12.8 Å². The fourth-order valence-electron chi connectivity index (χ4n) is 4.19. The molecule has 1 aliphatic rings. The van der Waals surface area contributed by atoms with Crippen molar-refractivity contribution in [1.82, 2.24) is 19.4 Å². The number of carbonyl (C=O) groups excluding carboxylic acids is 1. The van der Waals surface area contributed by atoms with E-state index in [1.165, 1.54) is 32.0 Å². The highest BCUT2D eigenvalue weighted by atomic mass is 16.5. The number of nitrogens with zero attached hydrogens (tertiary/aromatic N) is 4. The number of rotatable bonds is 6. The predicted octanol–water partition coefficient (Wildman–Crippen LogP) is 5.09. The van der Waals surface area contributed by atoms with Crippen LogP contribution in [0.3, 0.4) is 0 Å². The summed E-state index contributed by atoms with van der Waals surface area (Å²) in [6, 6.07) is 13.8. The van der Waals surface area contributed by atoms with Crippen LogP contribution in [0.25, 0.3) is 22.2 Å². The van der Waals surface area contributed by atoms with Gasteiger partial charge in [-0.05, 0) is 57.3 Å². The van der Waals surface area contributed by atoms with Gasteiger partial charge in [0, 0.05) is 49.0 Å². The van der Waals surface area contributed by atoms with Gasteiger partial charge in [-0.3, -0.25) is 4.79 Å². The third-order valence-corrected chi connectivity index (χ3v) is 6.14. The maximum atomic E-state index is 9.06. The number of ether oxygens (including phenoxy) is 1. The molecule has 200 valence electrons. The number of methoxy groups -OCH3 is 1. The number of para-hydroxylation sites is 1. The number of carbonyl (C=O) groups is 1. The molecule has 1 saturated heterocycles. The van der Waals surface area contributed by atoms with Crippen molar-refractivity contribution in [2.45, 2.75) is 12.8 Å². The van der Waals surface area contributed by atoms with Crippen molar-refractivity contribution in [3.05, 3.63) is 67.5 Å². The van der Waals surface area contributed by atoms with Crippen LogP contribution in [0.2, 0.25) is 0 Å². The number of anilines is 4. The quantitative estimate of drug-likeness (QED) is 0.185. The van der Waals surface area contributed by atoms with Crippen LogP contribution in [0, 0.1) is 0 Å². The molecule has 1 aliphatic heterocycles. The molecule has 0 radical (unpaired) electrons. The van der Waals surface area contributed by atoms with Crippen LogP contribution >= 0.6 is 0 Å². The Kier molecular flexibility index (Phi) is 10.2. The molecule has 0 saturated carbocycles. The lowest BCUT2D eigenvalue weighted by Gasteiger charge is -2.14. The number of fused-ring (bicyclic) bond motifs is 1. The highest BCUT2D eigenvalue weighted by Crippen LogP contribution is 2.35. The van der Waals surface area contributed by atoms with Crippen LogP contribution in [-0.2, 0) is 11.8 Å². The summed E-state index contributed by atoms with van der Waals surface area (Å²) in [6.45, 7) is 5.75. The van der Waals surface area contributed by atoms with Gasteiger partial charge in [0.25, 0.3) is 0 Å². The number of nitrogens with two attached hydrogens (primary N) is 1. The van der Waals surface area contributed by atoms with Crippen molar-refractivity contribution in [1.29, 1.82) is 0 Å². The molecule has 0 spiro atoms. The number of aryl methyl sites for hydroxylation is 1. The van der Waals surface area contributed by atoms with Gasteiger partial charge >= 0.3 is 0 Å². The van der Waals surface area contributed by atoms with E-state index < -0.39 is 0 Å². The zero-order chi connectivity index (χ0) is 27.5. The van der Waals surface area contributed by atoms with Crippen molar-refractivity contribution in [2.24, 2.45) is 7.05 Å². The van der Waals surface area contributed by atoms with Crippen molar-refractivity contribution in [3.63, 3.8) is 0 Å². The molecule has 5 rings (SSSR count). The largest absolute Gasteiger partial charge is 0.494 e. The standard InChI is InChI=1S/C21H22N6O.C5H11N.C3H4O/c1-23-17-11-18(20(28-3)10-15(17)22)26-21-24-9-8-16(25-21)14-12-27(2)19-7-5-4-6-13(14)19;1-6-4-2-3-5-6;1-2-3-4/h4-12,23H,22H2,1-3H3,(H,24,25,26);2-5H2,1H3;2-3H,1H2. The van der Waals surface area contributed by atoms with Crippen LogP contribution in [0.15, 0.2) is 67.5 Å². The summed E-state index contributed by atoms with van der Waals surface area (Å²) < 4.78 is 7.54. The third kappa shape index (κ3) is 7.10. The van der Waals surface area contributed by atoms with Crippen molar-refractivity contribution in [2.75, 3.05) is 50.7 Å². The van der Waals surface area contributed by atoms with E-state index in [-0.39, 0.29) is 0 Å². The fourth-order valence-corrected chi connectivity index (χ4v) is 4.19. The second kappa shape index (κ2) is 13.8. The number of hydrogen-bond donors (Lipinski definition) is 3. The van der Waals surface area contributed by atoms with Gasteiger partial charge in [-0.15, -0.1) is 0 Å². The first-order valence-electron chi connectivity index (χ1n) is 12.5. The zero-order valence-electron chi connectivity index (χ0n) is 22.6. The van der Waals surface area contributed by atoms with Gasteiger partial charge in [-0.2, -0.15) is 0 Å². The number of aromatic nitrogens is 3. The molecular weight excluding hydrogens is 478 g/mol. The summed E-state index contributed by atoms with van der Waals surface area (Å²) in [5, 5.41) is 7.46. The van der Waals surface area contributed by atoms with Crippen molar-refractivity contribution >= 4 is 40.2 Å². The van der Waals surface area contributed by atoms with Gasteiger partial charge < -0.3 is 30.6 Å². The summed E-state index contributed by atoms with van der Waals surface area (Å²) >= 11 is 0. The van der Waals surface area contributed by atoms with Crippen LogP contribution in [0.5, 0.6) is 5.75 Å². The lowest BCUT2D eigenvalue weighted by atomic mass is 10.1. The van der Waals surface area contributed by atoms with E-state index in [4.69, 9.17) is 20.2 Å². The molecule has 9 heteroatoms. The molecule has 0 bridgehead atoms. The number of nitrogen functional groups attached to an aromatic ring is 1. The lowest BCUT2D eigenvalue weighted by Crippen LogP contribution is -2.10. The number of nitrogens with one attached hydrogen (secondary N) is 2. The minimum atomic E-state index is 0.482. The normalized spacial score (nSPS) is 12.5. The number of allylic oxidation sites excluding steroid dienone is 1. The van der Waals surface area contributed by atoms with Gasteiger partial charge in [0.2, 0.25) is 5.95 Å². The lowest BCUT2D eigenvalue weighted by molar-refractivity contribution is -0.104. The molecule has 4 aromatic rings. The Bertz CT molecular complexity index is 1350. The Hall–Kier alpha value is -4.37. The molecule has 9 nitrogen and oxygen atoms in total. The number of benzene rings is 2. The Morgan fingerprint density at radius 3 is 2.42 bits per heavy atom. The van der Waals surface area contributed by atoms with E-state index in [9.17, 15) is 0 Å². The van der Waals surface area contributed by atoms with E-state index in [1.807, 2.05) is 38.4 Å². The summed E-state index contributed by atoms with van der Waals surface area (Å²) in [5.74, 6) is 1.10. The zero-order valence-corrected chi connectivity index (χ0v) is 22.6. The minimum Gasteiger partial charge on any atom is -0.494 e. The van der Waals surface area contributed by atoms with Crippen LogP contribution in [-0.4, -0.2) is 60.0 Å². The molecule has 0 atom stereocenters. The van der Waals surface area contributed by atoms with Crippen LogP contribution < -0.4 is 21.1 Å². The third-order valence-electron chi connectivity index (χ3n) is 6.14. The molecule has 4 N–H and O–H groups in total. The highest BCUT2D eigenvalue weighted by Gasteiger charge is 2.13. The monoisotopic (exact) mass is 515 g/mol. The topological polar surface area (TPSA) is 110 Å². The maximum Gasteiger partial charge on any atom is 0.227 e. The first-order valence-corrected chi connectivity index (χ1v) is 12.5. The predicted molar refractivity (Wildman–Crippen MR) is 157 cm³/mol.